The molecular weight excluding hydrogens is 140 g/mol. The minimum atomic E-state index is -0.468. The Morgan fingerprint density at radius 3 is 2.82 bits per heavy atom. The number of esters is 1. The first-order valence-electron chi connectivity index (χ1n) is 3.74. The Morgan fingerprint density at radius 2 is 2.36 bits per heavy atom. The average molecular weight is 152 g/mol. The number of ether oxygens (including phenoxy) is 1. The van der Waals surface area contributed by atoms with Crippen molar-refractivity contribution in [3.05, 3.63) is 0 Å². The normalized spacial score (nSPS) is 28.8. The third-order valence-corrected chi connectivity index (χ3v) is 2.05. The van der Waals surface area contributed by atoms with Gasteiger partial charge in [-0.05, 0) is 20.3 Å². The lowest BCUT2D eigenvalue weighted by atomic mass is 9.85. The maximum Gasteiger partial charge on any atom is 0.306 e. The summed E-state index contributed by atoms with van der Waals surface area (Å²) in [6.45, 7) is 3.71. The van der Waals surface area contributed by atoms with Gasteiger partial charge in [0.1, 0.15) is 5.60 Å². The minimum absolute atomic E-state index is 0.0696. The zero-order valence-electron chi connectivity index (χ0n) is 6.89. The van der Waals surface area contributed by atoms with Gasteiger partial charge in [0.25, 0.3) is 0 Å². The van der Waals surface area contributed by atoms with Crippen LogP contribution in [-0.4, -0.2) is 11.6 Å². The Hall–Kier alpha value is -0.970. The van der Waals surface area contributed by atoms with E-state index in [0.29, 0.717) is 6.42 Å². The van der Waals surface area contributed by atoms with Gasteiger partial charge in [0.15, 0.2) is 0 Å². The molecule has 1 atom stereocenters. The second kappa shape index (κ2) is 2.58. The molecule has 0 aliphatic carbocycles. The van der Waals surface area contributed by atoms with Crippen LogP contribution in [0.15, 0.2) is 0 Å². The summed E-state index contributed by atoms with van der Waals surface area (Å²) in [4.78, 5) is 10.8. The van der Waals surface area contributed by atoms with Crippen molar-refractivity contribution >= 4 is 5.97 Å². The smallest absolute Gasteiger partial charge is 0.306 e. The van der Waals surface area contributed by atoms with Crippen molar-refractivity contribution in [3.8, 4) is 12.3 Å². The van der Waals surface area contributed by atoms with Crippen LogP contribution in [0.1, 0.15) is 26.7 Å². The number of carbonyl (C=O) groups excluding carboxylic acids is 1. The molecule has 1 saturated heterocycles. The second-order valence-electron chi connectivity index (χ2n) is 3.34. The standard InChI is InChI=1S/C9H12O2/c1-4-7-5-6-8(10)11-9(7,2)3/h1,7H,5-6H2,2-3H3. The van der Waals surface area contributed by atoms with Gasteiger partial charge in [-0.1, -0.05) is 5.92 Å². The van der Waals surface area contributed by atoms with Gasteiger partial charge >= 0.3 is 5.97 Å². The Balaban J connectivity index is 2.73. The number of hydrogen-bond donors (Lipinski definition) is 0. The molecule has 1 aliphatic rings. The van der Waals surface area contributed by atoms with E-state index in [1.165, 1.54) is 0 Å². The fourth-order valence-corrected chi connectivity index (χ4v) is 1.31. The van der Waals surface area contributed by atoms with Crippen molar-refractivity contribution < 1.29 is 9.53 Å². The van der Waals surface area contributed by atoms with E-state index in [1.807, 2.05) is 13.8 Å². The third kappa shape index (κ3) is 1.54. The van der Waals surface area contributed by atoms with Crippen LogP contribution < -0.4 is 0 Å². The lowest BCUT2D eigenvalue weighted by Gasteiger charge is -2.34. The van der Waals surface area contributed by atoms with E-state index in [4.69, 9.17) is 11.2 Å². The largest absolute Gasteiger partial charge is 0.458 e. The van der Waals surface area contributed by atoms with Crippen LogP contribution in [0.25, 0.3) is 0 Å². The molecule has 1 rings (SSSR count). The molecule has 0 aromatic heterocycles. The fourth-order valence-electron chi connectivity index (χ4n) is 1.31. The summed E-state index contributed by atoms with van der Waals surface area (Å²) in [6.07, 6.45) is 6.49. The van der Waals surface area contributed by atoms with Crippen LogP contribution in [0.4, 0.5) is 0 Å². The average Bonchev–Trinajstić information content (AvgIpc) is 1.85. The Morgan fingerprint density at radius 1 is 1.73 bits per heavy atom. The molecule has 60 valence electrons. The molecule has 0 N–H and O–H groups in total. The maximum absolute atomic E-state index is 10.8. The summed E-state index contributed by atoms with van der Waals surface area (Å²) in [5.74, 6) is 2.57. The predicted octanol–water partition coefficient (Wildman–Crippen LogP) is 1.35. The van der Waals surface area contributed by atoms with E-state index in [-0.39, 0.29) is 11.9 Å². The van der Waals surface area contributed by atoms with Crippen LogP contribution in [0.2, 0.25) is 0 Å². The van der Waals surface area contributed by atoms with Crippen molar-refractivity contribution in [1.82, 2.24) is 0 Å². The summed E-state index contributed by atoms with van der Waals surface area (Å²) in [5, 5.41) is 0. The Bertz CT molecular complexity index is 210. The highest BCUT2D eigenvalue weighted by atomic mass is 16.6. The molecule has 0 aromatic rings. The lowest BCUT2D eigenvalue weighted by molar-refractivity contribution is -0.167. The monoisotopic (exact) mass is 152 g/mol. The third-order valence-electron chi connectivity index (χ3n) is 2.05. The Labute approximate surface area is 66.9 Å². The van der Waals surface area contributed by atoms with Gasteiger partial charge in [-0.15, -0.1) is 6.42 Å². The van der Waals surface area contributed by atoms with Crippen molar-refractivity contribution in [2.45, 2.75) is 32.3 Å². The van der Waals surface area contributed by atoms with Gasteiger partial charge in [-0.25, -0.2) is 0 Å². The number of cyclic esters (lactones) is 1. The topological polar surface area (TPSA) is 26.3 Å². The van der Waals surface area contributed by atoms with Gasteiger partial charge in [-0.2, -0.15) is 0 Å². The highest BCUT2D eigenvalue weighted by Crippen LogP contribution is 2.30. The number of hydrogen-bond acceptors (Lipinski definition) is 2. The fraction of sp³-hybridized carbons (Fsp3) is 0.667. The molecule has 2 heteroatoms. The van der Waals surface area contributed by atoms with E-state index < -0.39 is 5.60 Å². The molecular formula is C9H12O2. The van der Waals surface area contributed by atoms with Gasteiger partial charge in [0.2, 0.25) is 0 Å². The van der Waals surface area contributed by atoms with E-state index in [2.05, 4.69) is 5.92 Å². The van der Waals surface area contributed by atoms with Gasteiger partial charge in [0, 0.05) is 6.42 Å². The predicted molar refractivity (Wildman–Crippen MR) is 41.7 cm³/mol. The van der Waals surface area contributed by atoms with Crippen LogP contribution in [0, 0.1) is 18.3 Å². The molecule has 2 nitrogen and oxygen atoms in total. The van der Waals surface area contributed by atoms with Crippen LogP contribution in [0.5, 0.6) is 0 Å². The molecule has 0 aromatic carbocycles. The van der Waals surface area contributed by atoms with Crippen LogP contribution in [-0.2, 0) is 9.53 Å². The van der Waals surface area contributed by atoms with Crippen molar-refractivity contribution in [1.29, 1.82) is 0 Å². The van der Waals surface area contributed by atoms with E-state index >= 15 is 0 Å². The van der Waals surface area contributed by atoms with E-state index in [1.54, 1.807) is 0 Å². The molecule has 0 saturated carbocycles. The SMILES string of the molecule is C#CC1CCC(=O)OC1(C)C. The first-order valence-corrected chi connectivity index (χ1v) is 3.74. The summed E-state index contributed by atoms with van der Waals surface area (Å²) in [7, 11) is 0. The van der Waals surface area contributed by atoms with Crippen molar-refractivity contribution in [2.75, 3.05) is 0 Å². The van der Waals surface area contributed by atoms with Gasteiger partial charge < -0.3 is 4.74 Å². The first-order chi connectivity index (χ1) is 5.06. The van der Waals surface area contributed by atoms with Crippen LogP contribution in [0.3, 0.4) is 0 Å². The molecule has 1 aliphatic heterocycles. The molecule has 1 heterocycles. The maximum atomic E-state index is 10.8. The highest BCUT2D eigenvalue weighted by Gasteiger charge is 2.36. The summed E-state index contributed by atoms with van der Waals surface area (Å²) in [5.41, 5.74) is -0.468. The summed E-state index contributed by atoms with van der Waals surface area (Å²) in [6, 6.07) is 0. The second-order valence-corrected chi connectivity index (χ2v) is 3.34. The van der Waals surface area contributed by atoms with Crippen LogP contribution >= 0.6 is 0 Å². The zero-order chi connectivity index (χ0) is 8.48. The molecule has 11 heavy (non-hydrogen) atoms. The van der Waals surface area contributed by atoms with Crippen molar-refractivity contribution in [2.24, 2.45) is 5.92 Å². The number of terminal acetylenes is 1. The number of carbonyl (C=O) groups is 1. The van der Waals surface area contributed by atoms with Crippen molar-refractivity contribution in [3.63, 3.8) is 0 Å². The van der Waals surface area contributed by atoms with Gasteiger partial charge in [0.05, 0.1) is 5.92 Å². The molecule has 0 spiro atoms. The molecule has 0 amide bonds. The van der Waals surface area contributed by atoms with Gasteiger partial charge in [-0.3, -0.25) is 4.79 Å². The number of rotatable bonds is 0. The van der Waals surface area contributed by atoms with E-state index in [9.17, 15) is 4.79 Å². The van der Waals surface area contributed by atoms with E-state index in [0.717, 1.165) is 6.42 Å². The minimum Gasteiger partial charge on any atom is -0.458 e. The molecule has 0 bridgehead atoms. The highest BCUT2D eigenvalue weighted by molar-refractivity contribution is 5.71. The summed E-state index contributed by atoms with van der Waals surface area (Å²) < 4.78 is 5.10. The molecule has 1 unspecified atom stereocenters. The molecule has 1 fully saturated rings. The zero-order valence-corrected chi connectivity index (χ0v) is 6.89. The lowest BCUT2D eigenvalue weighted by Crippen LogP contribution is -2.40. The quantitative estimate of drug-likeness (QED) is 0.387. The molecule has 0 radical (unpaired) electrons. The Kier molecular flexibility index (Phi) is 1.90. The summed E-state index contributed by atoms with van der Waals surface area (Å²) >= 11 is 0. The first kappa shape index (κ1) is 8.13.